The van der Waals surface area contributed by atoms with Crippen molar-refractivity contribution in [2.24, 2.45) is 5.41 Å². The van der Waals surface area contributed by atoms with Crippen molar-refractivity contribution in [1.29, 1.82) is 0 Å². The van der Waals surface area contributed by atoms with Gasteiger partial charge in [0.15, 0.2) is 0 Å². The molecule has 7 nitrogen and oxygen atoms in total. The molecule has 7 heteroatoms. The molecule has 1 amide bonds. The number of amides is 1. The fourth-order valence-electron chi connectivity index (χ4n) is 1.93. The van der Waals surface area contributed by atoms with Crippen molar-refractivity contribution in [1.82, 2.24) is 5.32 Å². The molecule has 1 aliphatic heterocycles. The Labute approximate surface area is 116 Å². The van der Waals surface area contributed by atoms with Crippen LogP contribution in [0.5, 0.6) is 5.75 Å². The summed E-state index contributed by atoms with van der Waals surface area (Å²) in [5.74, 6) is -0.0817. The third-order valence-electron chi connectivity index (χ3n) is 3.22. The monoisotopic (exact) mass is 280 g/mol. The summed E-state index contributed by atoms with van der Waals surface area (Å²) in [5, 5.41) is 13.5. The van der Waals surface area contributed by atoms with Crippen molar-refractivity contribution >= 4 is 11.6 Å². The second-order valence-electron chi connectivity index (χ2n) is 5.13. The lowest BCUT2D eigenvalue weighted by Gasteiger charge is -2.38. The number of ether oxygens (including phenoxy) is 2. The van der Waals surface area contributed by atoms with E-state index in [1.54, 1.807) is 0 Å². The highest BCUT2D eigenvalue weighted by molar-refractivity contribution is 5.97. The molecular formula is C13H16N2O5. The highest BCUT2D eigenvalue weighted by Crippen LogP contribution is 2.27. The number of nitro benzene ring substituents is 1. The minimum atomic E-state index is -0.544. The lowest BCUT2D eigenvalue weighted by Crippen LogP contribution is -2.48. The zero-order chi connectivity index (χ0) is 14.8. The Hall–Kier alpha value is -2.15. The summed E-state index contributed by atoms with van der Waals surface area (Å²) in [4.78, 5) is 22.4. The van der Waals surface area contributed by atoms with Gasteiger partial charge in [-0.2, -0.15) is 0 Å². The second kappa shape index (κ2) is 5.46. The third kappa shape index (κ3) is 2.88. The fourth-order valence-corrected chi connectivity index (χ4v) is 1.93. The predicted molar refractivity (Wildman–Crippen MR) is 70.9 cm³/mol. The molecule has 108 valence electrons. The lowest BCUT2D eigenvalue weighted by atomic mass is 9.88. The highest BCUT2D eigenvalue weighted by atomic mass is 16.6. The molecule has 20 heavy (non-hydrogen) atoms. The molecule has 0 radical (unpaired) electrons. The van der Waals surface area contributed by atoms with Gasteiger partial charge in [-0.1, -0.05) is 6.92 Å². The zero-order valence-electron chi connectivity index (χ0n) is 11.3. The first-order chi connectivity index (χ1) is 9.45. The number of nitrogens with zero attached hydrogens (tertiary/aromatic N) is 1. The largest absolute Gasteiger partial charge is 0.496 e. The molecule has 0 aliphatic carbocycles. The molecule has 1 saturated heterocycles. The SMILES string of the molecule is COc1ccc([N+](=O)[O-])cc1C(=O)NCC1(C)COC1. The summed E-state index contributed by atoms with van der Waals surface area (Å²) in [5.41, 5.74) is -0.0523. The van der Waals surface area contributed by atoms with E-state index in [1.165, 1.54) is 25.3 Å². The van der Waals surface area contributed by atoms with Gasteiger partial charge in [0.25, 0.3) is 11.6 Å². The number of carbonyl (C=O) groups excluding carboxylic acids is 1. The molecule has 0 spiro atoms. The van der Waals surface area contributed by atoms with Crippen LogP contribution in [0.2, 0.25) is 0 Å². The van der Waals surface area contributed by atoms with Crippen molar-refractivity contribution in [2.45, 2.75) is 6.92 Å². The van der Waals surface area contributed by atoms with Gasteiger partial charge in [-0.15, -0.1) is 0 Å². The van der Waals surface area contributed by atoms with Crippen LogP contribution >= 0.6 is 0 Å². The average molecular weight is 280 g/mol. The van der Waals surface area contributed by atoms with E-state index in [1.807, 2.05) is 6.92 Å². The van der Waals surface area contributed by atoms with Crippen molar-refractivity contribution in [3.8, 4) is 5.75 Å². The van der Waals surface area contributed by atoms with Gasteiger partial charge in [-0.05, 0) is 6.07 Å². The van der Waals surface area contributed by atoms with Gasteiger partial charge in [0.1, 0.15) is 5.75 Å². The molecule has 2 rings (SSSR count). The first-order valence-electron chi connectivity index (χ1n) is 6.13. The molecule has 1 fully saturated rings. The molecule has 0 aromatic heterocycles. The van der Waals surface area contributed by atoms with Crippen LogP contribution in [0.15, 0.2) is 18.2 Å². The topological polar surface area (TPSA) is 90.7 Å². The van der Waals surface area contributed by atoms with Gasteiger partial charge in [-0.25, -0.2) is 0 Å². The Morgan fingerprint density at radius 3 is 2.75 bits per heavy atom. The van der Waals surface area contributed by atoms with E-state index < -0.39 is 10.8 Å². The maximum atomic E-state index is 12.1. The number of methoxy groups -OCH3 is 1. The smallest absolute Gasteiger partial charge is 0.270 e. The summed E-state index contributed by atoms with van der Waals surface area (Å²) in [7, 11) is 1.42. The number of non-ortho nitro benzene ring substituents is 1. The first kappa shape index (κ1) is 14.3. The van der Waals surface area contributed by atoms with E-state index in [2.05, 4.69) is 5.32 Å². The van der Waals surface area contributed by atoms with Crippen LogP contribution in [0.4, 0.5) is 5.69 Å². The van der Waals surface area contributed by atoms with E-state index >= 15 is 0 Å². The van der Waals surface area contributed by atoms with Crippen molar-refractivity contribution in [2.75, 3.05) is 26.9 Å². The third-order valence-corrected chi connectivity index (χ3v) is 3.22. The fraction of sp³-hybridized carbons (Fsp3) is 0.462. The number of nitrogens with one attached hydrogen (secondary N) is 1. The molecular weight excluding hydrogens is 264 g/mol. The minimum absolute atomic E-state index is 0.0659. The molecule has 1 aliphatic rings. The van der Waals surface area contributed by atoms with Gasteiger partial charge in [0, 0.05) is 24.1 Å². The molecule has 1 aromatic rings. The summed E-state index contributed by atoms with van der Waals surface area (Å²) < 4.78 is 10.2. The normalized spacial score (nSPS) is 16.1. The number of benzene rings is 1. The van der Waals surface area contributed by atoms with Gasteiger partial charge in [-0.3, -0.25) is 14.9 Å². The number of nitro groups is 1. The number of hydrogen-bond acceptors (Lipinski definition) is 5. The minimum Gasteiger partial charge on any atom is -0.496 e. The summed E-state index contributed by atoms with van der Waals surface area (Å²) in [6.45, 7) is 3.65. The van der Waals surface area contributed by atoms with E-state index in [0.29, 0.717) is 25.5 Å². The summed E-state index contributed by atoms with van der Waals surface area (Å²) in [6.07, 6.45) is 0. The number of carbonyl (C=O) groups is 1. The van der Waals surface area contributed by atoms with Gasteiger partial charge < -0.3 is 14.8 Å². The molecule has 0 bridgehead atoms. The lowest BCUT2D eigenvalue weighted by molar-refractivity contribution is -0.384. The quantitative estimate of drug-likeness (QED) is 0.649. The van der Waals surface area contributed by atoms with E-state index in [0.717, 1.165) is 0 Å². The molecule has 1 N–H and O–H groups in total. The van der Waals surface area contributed by atoms with E-state index in [-0.39, 0.29) is 16.7 Å². The highest BCUT2D eigenvalue weighted by Gasteiger charge is 2.34. The molecule has 1 heterocycles. The van der Waals surface area contributed by atoms with Crippen molar-refractivity contribution in [3.63, 3.8) is 0 Å². The van der Waals surface area contributed by atoms with Gasteiger partial charge in [0.2, 0.25) is 0 Å². The molecule has 0 saturated carbocycles. The van der Waals surface area contributed by atoms with Crippen molar-refractivity contribution < 1.29 is 19.2 Å². The Bertz CT molecular complexity index is 540. The number of hydrogen-bond donors (Lipinski definition) is 1. The molecule has 1 aromatic carbocycles. The van der Waals surface area contributed by atoms with E-state index in [4.69, 9.17) is 9.47 Å². The Kier molecular flexibility index (Phi) is 3.89. The molecule has 0 atom stereocenters. The summed E-state index contributed by atoms with van der Waals surface area (Å²) >= 11 is 0. The van der Waals surface area contributed by atoms with Crippen LogP contribution in [0, 0.1) is 15.5 Å². The van der Waals surface area contributed by atoms with Gasteiger partial charge in [0.05, 0.1) is 30.8 Å². The number of rotatable bonds is 5. The standard InChI is InChI=1S/C13H16N2O5/c1-13(7-20-8-13)6-14-12(16)10-5-9(15(17)18)3-4-11(10)19-2/h3-5H,6-8H2,1-2H3,(H,14,16). The Morgan fingerprint density at radius 2 is 2.25 bits per heavy atom. The Balaban J connectivity index is 2.14. The Morgan fingerprint density at radius 1 is 1.55 bits per heavy atom. The van der Waals surface area contributed by atoms with Crippen LogP contribution < -0.4 is 10.1 Å². The van der Waals surface area contributed by atoms with Gasteiger partial charge >= 0.3 is 0 Å². The van der Waals surface area contributed by atoms with Crippen molar-refractivity contribution in [3.05, 3.63) is 33.9 Å². The maximum absolute atomic E-state index is 12.1. The maximum Gasteiger partial charge on any atom is 0.270 e. The van der Waals surface area contributed by atoms with Crippen LogP contribution in [0.3, 0.4) is 0 Å². The van der Waals surface area contributed by atoms with Crippen LogP contribution in [0.1, 0.15) is 17.3 Å². The van der Waals surface area contributed by atoms with Crippen LogP contribution in [-0.2, 0) is 4.74 Å². The van der Waals surface area contributed by atoms with Crippen LogP contribution in [0.25, 0.3) is 0 Å². The molecule has 0 unspecified atom stereocenters. The zero-order valence-corrected chi connectivity index (χ0v) is 11.3. The average Bonchev–Trinajstić information content (AvgIpc) is 2.41. The van der Waals surface area contributed by atoms with E-state index in [9.17, 15) is 14.9 Å². The first-order valence-corrected chi connectivity index (χ1v) is 6.13. The summed E-state index contributed by atoms with van der Waals surface area (Å²) in [6, 6.07) is 3.94. The predicted octanol–water partition coefficient (Wildman–Crippen LogP) is 1.37. The van der Waals surface area contributed by atoms with Crippen LogP contribution in [-0.4, -0.2) is 37.7 Å². The second-order valence-corrected chi connectivity index (χ2v) is 5.13.